The fourth-order valence-corrected chi connectivity index (χ4v) is 3.82. The summed E-state index contributed by atoms with van der Waals surface area (Å²) >= 11 is 0. The first-order chi connectivity index (χ1) is 12.1. The average molecular weight is 334 g/mol. The normalized spacial score (nSPS) is 19.9. The number of nitrogens with zero attached hydrogens (tertiary/aromatic N) is 2. The molecule has 0 radical (unpaired) electrons. The third-order valence-corrected chi connectivity index (χ3v) is 5.29. The van der Waals surface area contributed by atoms with E-state index in [1.165, 1.54) is 5.56 Å². The molecule has 25 heavy (non-hydrogen) atoms. The van der Waals surface area contributed by atoms with E-state index in [-0.39, 0.29) is 11.8 Å². The highest BCUT2D eigenvalue weighted by Gasteiger charge is 2.27. The molecule has 0 bridgehead atoms. The van der Waals surface area contributed by atoms with E-state index in [9.17, 15) is 9.59 Å². The van der Waals surface area contributed by atoms with Gasteiger partial charge in [0.15, 0.2) is 0 Å². The molecule has 1 atom stereocenters. The minimum Gasteiger partial charge on any atom is -0.312 e. The van der Waals surface area contributed by atoms with E-state index in [2.05, 4.69) is 13.0 Å². The number of amides is 2. The molecule has 2 aromatic carbocycles. The lowest BCUT2D eigenvalue weighted by Gasteiger charge is -2.33. The van der Waals surface area contributed by atoms with Gasteiger partial charge in [-0.05, 0) is 54.7 Å². The second-order valence-electron chi connectivity index (χ2n) is 6.90. The van der Waals surface area contributed by atoms with Crippen LogP contribution in [-0.2, 0) is 4.79 Å². The molecule has 2 heterocycles. The highest BCUT2D eigenvalue weighted by molar-refractivity contribution is 6.07. The standard InChI is InChI=1S/C21H22N2O2/c1-15-12-14-23(19-6-3-2-5-18(15)19)21(25)16-8-10-17(11-9-16)22-13-4-7-20(22)24/h2-3,5-6,8-11,15H,4,7,12-14H2,1H3. The van der Waals surface area contributed by atoms with Crippen molar-refractivity contribution in [1.82, 2.24) is 0 Å². The summed E-state index contributed by atoms with van der Waals surface area (Å²) in [5.41, 5.74) is 3.80. The predicted molar refractivity (Wildman–Crippen MR) is 99.2 cm³/mol. The molecule has 0 aliphatic carbocycles. The smallest absolute Gasteiger partial charge is 0.258 e. The van der Waals surface area contributed by atoms with Crippen molar-refractivity contribution in [3.8, 4) is 0 Å². The molecule has 0 saturated carbocycles. The van der Waals surface area contributed by atoms with Crippen LogP contribution < -0.4 is 9.80 Å². The summed E-state index contributed by atoms with van der Waals surface area (Å²) in [6, 6.07) is 15.6. The molecule has 0 spiro atoms. The van der Waals surface area contributed by atoms with Crippen molar-refractivity contribution in [3.05, 3.63) is 59.7 Å². The maximum Gasteiger partial charge on any atom is 0.258 e. The summed E-state index contributed by atoms with van der Waals surface area (Å²) < 4.78 is 0. The van der Waals surface area contributed by atoms with Crippen molar-refractivity contribution in [1.29, 1.82) is 0 Å². The van der Waals surface area contributed by atoms with Gasteiger partial charge in [0.1, 0.15) is 0 Å². The number of carbonyl (C=O) groups excluding carboxylic acids is 2. The third-order valence-electron chi connectivity index (χ3n) is 5.29. The van der Waals surface area contributed by atoms with E-state index in [0.29, 0.717) is 17.9 Å². The maximum atomic E-state index is 13.0. The van der Waals surface area contributed by atoms with Crippen molar-refractivity contribution in [3.63, 3.8) is 0 Å². The lowest BCUT2D eigenvalue weighted by Crippen LogP contribution is -2.36. The molecule has 4 heteroatoms. The number of benzene rings is 2. The van der Waals surface area contributed by atoms with Gasteiger partial charge in [-0.1, -0.05) is 25.1 Å². The van der Waals surface area contributed by atoms with Gasteiger partial charge in [0.2, 0.25) is 5.91 Å². The van der Waals surface area contributed by atoms with Crippen LogP contribution in [0.1, 0.15) is 48.0 Å². The fourth-order valence-electron chi connectivity index (χ4n) is 3.82. The predicted octanol–water partition coefficient (Wildman–Crippen LogP) is 3.97. The molecule has 2 aromatic rings. The molecule has 2 aliphatic rings. The summed E-state index contributed by atoms with van der Waals surface area (Å²) in [6.07, 6.45) is 2.49. The van der Waals surface area contributed by atoms with Crippen LogP contribution in [0.4, 0.5) is 11.4 Å². The molecular formula is C21H22N2O2. The Morgan fingerprint density at radius 1 is 1.04 bits per heavy atom. The topological polar surface area (TPSA) is 40.6 Å². The quantitative estimate of drug-likeness (QED) is 0.834. The van der Waals surface area contributed by atoms with Gasteiger partial charge in [-0.15, -0.1) is 0 Å². The zero-order valence-electron chi connectivity index (χ0n) is 14.4. The first-order valence-electron chi connectivity index (χ1n) is 8.96. The van der Waals surface area contributed by atoms with Crippen LogP contribution in [0.5, 0.6) is 0 Å². The average Bonchev–Trinajstić information content (AvgIpc) is 3.08. The van der Waals surface area contributed by atoms with E-state index >= 15 is 0 Å². The zero-order valence-corrected chi connectivity index (χ0v) is 14.4. The molecule has 1 saturated heterocycles. The molecule has 4 rings (SSSR count). The van der Waals surface area contributed by atoms with Crippen molar-refractivity contribution in [2.45, 2.75) is 32.1 Å². The molecule has 0 N–H and O–H groups in total. The number of hydrogen-bond donors (Lipinski definition) is 0. The Bertz CT molecular complexity index is 813. The van der Waals surface area contributed by atoms with Crippen molar-refractivity contribution in [2.24, 2.45) is 0 Å². The van der Waals surface area contributed by atoms with Crippen LogP contribution in [0, 0.1) is 0 Å². The molecule has 0 aromatic heterocycles. The van der Waals surface area contributed by atoms with Crippen LogP contribution in [0.15, 0.2) is 48.5 Å². The summed E-state index contributed by atoms with van der Waals surface area (Å²) in [5.74, 6) is 0.667. The Hall–Kier alpha value is -2.62. The van der Waals surface area contributed by atoms with E-state index in [0.717, 1.165) is 37.3 Å². The largest absolute Gasteiger partial charge is 0.312 e. The van der Waals surface area contributed by atoms with Crippen LogP contribution in [0.3, 0.4) is 0 Å². The van der Waals surface area contributed by atoms with Gasteiger partial charge in [-0.25, -0.2) is 0 Å². The number of hydrogen-bond acceptors (Lipinski definition) is 2. The monoisotopic (exact) mass is 334 g/mol. The van der Waals surface area contributed by atoms with Crippen LogP contribution in [-0.4, -0.2) is 24.9 Å². The molecule has 2 aliphatic heterocycles. The Kier molecular flexibility index (Phi) is 4.04. The van der Waals surface area contributed by atoms with E-state index in [1.54, 1.807) is 4.90 Å². The first-order valence-corrected chi connectivity index (χ1v) is 8.96. The van der Waals surface area contributed by atoms with E-state index in [1.807, 2.05) is 47.4 Å². The second-order valence-corrected chi connectivity index (χ2v) is 6.90. The number of para-hydroxylation sites is 1. The van der Waals surface area contributed by atoms with Gasteiger partial charge in [-0.3, -0.25) is 9.59 Å². The minimum absolute atomic E-state index is 0.0265. The Balaban J connectivity index is 1.59. The van der Waals surface area contributed by atoms with E-state index < -0.39 is 0 Å². The van der Waals surface area contributed by atoms with E-state index in [4.69, 9.17) is 0 Å². The Morgan fingerprint density at radius 2 is 1.80 bits per heavy atom. The fraction of sp³-hybridized carbons (Fsp3) is 0.333. The number of anilines is 2. The third kappa shape index (κ3) is 2.82. The summed E-state index contributed by atoms with van der Waals surface area (Å²) in [7, 11) is 0. The summed E-state index contributed by atoms with van der Waals surface area (Å²) in [4.78, 5) is 28.5. The summed E-state index contributed by atoms with van der Waals surface area (Å²) in [5, 5.41) is 0. The van der Waals surface area contributed by atoms with Gasteiger partial charge >= 0.3 is 0 Å². The van der Waals surface area contributed by atoms with Crippen LogP contribution in [0.2, 0.25) is 0 Å². The highest BCUT2D eigenvalue weighted by Crippen LogP contribution is 2.35. The lowest BCUT2D eigenvalue weighted by molar-refractivity contribution is -0.117. The van der Waals surface area contributed by atoms with Gasteiger partial charge in [-0.2, -0.15) is 0 Å². The lowest BCUT2D eigenvalue weighted by atomic mass is 9.91. The summed E-state index contributed by atoms with van der Waals surface area (Å²) in [6.45, 7) is 3.72. The first kappa shape index (κ1) is 15.9. The van der Waals surface area contributed by atoms with Gasteiger partial charge in [0, 0.05) is 36.4 Å². The minimum atomic E-state index is 0.0265. The van der Waals surface area contributed by atoms with Crippen LogP contribution >= 0.6 is 0 Å². The van der Waals surface area contributed by atoms with Gasteiger partial charge in [0.25, 0.3) is 5.91 Å². The number of carbonyl (C=O) groups is 2. The number of fused-ring (bicyclic) bond motifs is 1. The van der Waals surface area contributed by atoms with Crippen molar-refractivity contribution >= 4 is 23.2 Å². The second kappa shape index (κ2) is 6.36. The van der Waals surface area contributed by atoms with Crippen molar-refractivity contribution in [2.75, 3.05) is 22.9 Å². The maximum absolute atomic E-state index is 13.0. The van der Waals surface area contributed by atoms with Crippen molar-refractivity contribution < 1.29 is 9.59 Å². The molecule has 4 nitrogen and oxygen atoms in total. The Morgan fingerprint density at radius 3 is 2.52 bits per heavy atom. The SMILES string of the molecule is CC1CCN(C(=O)c2ccc(N3CCCC3=O)cc2)c2ccccc21. The Labute approximate surface area is 148 Å². The highest BCUT2D eigenvalue weighted by atomic mass is 16.2. The molecule has 128 valence electrons. The zero-order chi connectivity index (χ0) is 17.4. The number of rotatable bonds is 2. The van der Waals surface area contributed by atoms with Gasteiger partial charge in [0.05, 0.1) is 0 Å². The molecule has 1 fully saturated rings. The van der Waals surface area contributed by atoms with Gasteiger partial charge < -0.3 is 9.80 Å². The molecular weight excluding hydrogens is 312 g/mol. The molecule has 1 unspecified atom stereocenters. The molecule has 2 amide bonds. The van der Waals surface area contributed by atoms with Crippen LogP contribution in [0.25, 0.3) is 0 Å².